The Morgan fingerprint density at radius 2 is 1.53 bits per heavy atom. The predicted octanol–water partition coefficient (Wildman–Crippen LogP) is 7.31. The number of rotatable bonds is 9. The van der Waals surface area contributed by atoms with Crippen LogP contribution in [-0.2, 0) is 6.61 Å². The highest BCUT2D eigenvalue weighted by molar-refractivity contribution is 7.98. The molecule has 0 saturated heterocycles. The Morgan fingerprint density at radius 3 is 2.26 bits per heavy atom. The van der Waals surface area contributed by atoms with Crippen LogP contribution >= 0.6 is 11.8 Å². The second-order valence-corrected chi connectivity index (χ2v) is 8.44. The first-order chi connectivity index (χ1) is 16.7. The van der Waals surface area contributed by atoms with Gasteiger partial charge in [0, 0.05) is 16.0 Å². The van der Waals surface area contributed by atoms with Crippen molar-refractivity contribution in [2.24, 2.45) is 0 Å². The van der Waals surface area contributed by atoms with E-state index >= 15 is 0 Å². The Kier molecular flexibility index (Phi) is 7.89. The molecular weight excluding hydrogens is 442 g/mol. The van der Waals surface area contributed by atoms with Gasteiger partial charge in [-0.2, -0.15) is 0 Å². The number of amides is 1. The number of carbonyl (C=O) groups is 1. The molecule has 0 radical (unpaired) electrons. The normalized spacial score (nSPS) is 10.5. The van der Waals surface area contributed by atoms with E-state index in [0.717, 1.165) is 33.0 Å². The van der Waals surface area contributed by atoms with Crippen LogP contribution in [0.5, 0.6) is 11.5 Å². The van der Waals surface area contributed by atoms with E-state index in [1.165, 1.54) is 0 Å². The van der Waals surface area contributed by atoms with E-state index < -0.39 is 0 Å². The molecule has 4 aromatic rings. The fourth-order valence-electron chi connectivity index (χ4n) is 3.61. The molecule has 4 aromatic carbocycles. The topological polar surface area (TPSA) is 47.6 Å². The smallest absolute Gasteiger partial charge is 0.255 e. The highest BCUT2D eigenvalue weighted by Crippen LogP contribution is 2.27. The lowest BCUT2D eigenvalue weighted by molar-refractivity contribution is 0.102. The van der Waals surface area contributed by atoms with Gasteiger partial charge in [0.05, 0.1) is 12.3 Å². The summed E-state index contributed by atoms with van der Waals surface area (Å²) in [5.41, 5.74) is 4.46. The number of carbonyl (C=O) groups excluding carboxylic acids is 1. The monoisotopic (exact) mass is 469 g/mol. The molecule has 0 aliphatic heterocycles. The van der Waals surface area contributed by atoms with Gasteiger partial charge < -0.3 is 14.8 Å². The van der Waals surface area contributed by atoms with Crippen molar-refractivity contribution in [1.29, 1.82) is 0 Å². The maximum atomic E-state index is 12.9. The van der Waals surface area contributed by atoms with Gasteiger partial charge in [0.25, 0.3) is 5.91 Å². The molecule has 0 unspecified atom stereocenters. The summed E-state index contributed by atoms with van der Waals surface area (Å²) >= 11 is 1.60. The molecule has 0 atom stereocenters. The number of para-hydroxylation sites is 1. The van der Waals surface area contributed by atoms with Crippen molar-refractivity contribution in [2.75, 3.05) is 18.2 Å². The molecular formula is C29H27NO3S. The van der Waals surface area contributed by atoms with Crippen LogP contribution in [0.25, 0.3) is 11.1 Å². The number of benzene rings is 4. The van der Waals surface area contributed by atoms with Gasteiger partial charge >= 0.3 is 0 Å². The van der Waals surface area contributed by atoms with Crippen molar-refractivity contribution in [2.45, 2.75) is 18.4 Å². The van der Waals surface area contributed by atoms with Gasteiger partial charge in [-0.15, -0.1) is 11.8 Å². The first kappa shape index (κ1) is 23.5. The molecule has 0 aliphatic rings. The fourth-order valence-corrected chi connectivity index (χ4v) is 4.16. The van der Waals surface area contributed by atoms with Gasteiger partial charge in [0.2, 0.25) is 0 Å². The Hall–Kier alpha value is -3.70. The van der Waals surface area contributed by atoms with Crippen LogP contribution in [0.1, 0.15) is 22.8 Å². The van der Waals surface area contributed by atoms with Gasteiger partial charge in [-0.05, 0) is 66.8 Å². The van der Waals surface area contributed by atoms with Crippen LogP contribution in [0.2, 0.25) is 0 Å². The lowest BCUT2D eigenvalue weighted by Gasteiger charge is -2.14. The summed E-state index contributed by atoms with van der Waals surface area (Å²) in [6, 6.07) is 31.4. The van der Waals surface area contributed by atoms with E-state index in [-0.39, 0.29) is 5.91 Å². The number of nitrogens with one attached hydrogen (secondary N) is 1. The van der Waals surface area contributed by atoms with E-state index in [1.54, 1.807) is 17.8 Å². The second-order valence-electron chi connectivity index (χ2n) is 7.59. The molecule has 1 amide bonds. The average Bonchev–Trinajstić information content (AvgIpc) is 2.89. The second kappa shape index (κ2) is 11.4. The lowest BCUT2D eigenvalue weighted by Crippen LogP contribution is -2.13. The van der Waals surface area contributed by atoms with E-state index in [4.69, 9.17) is 9.47 Å². The summed E-state index contributed by atoms with van der Waals surface area (Å²) in [6.07, 6.45) is 1.99. The Bertz CT molecular complexity index is 1240. The van der Waals surface area contributed by atoms with Crippen molar-refractivity contribution >= 4 is 23.4 Å². The van der Waals surface area contributed by atoms with E-state index in [9.17, 15) is 4.79 Å². The molecule has 1 N–H and O–H groups in total. The van der Waals surface area contributed by atoms with Gasteiger partial charge in [0.1, 0.15) is 18.1 Å². The van der Waals surface area contributed by atoms with Crippen LogP contribution in [0.3, 0.4) is 0 Å². The summed E-state index contributed by atoms with van der Waals surface area (Å²) in [5.74, 6) is 1.30. The number of ether oxygens (including phenoxy) is 2. The quantitative estimate of drug-likeness (QED) is 0.261. The largest absolute Gasteiger partial charge is 0.493 e. The van der Waals surface area contributed by atoms with Crippen molar-refractivity contribution in [3.63, 3.8) is 0 Å². The van der Waals surface area contributed by atoms with Crippen LogP contribution in [0, 0.1) is 0 Å². The third-order valence-corrected chi connectivity index (χ3v) is 6.13. The maximum Gasteiger partial charge on any atom is 0.255 e. The third kappa shape index (κ3) is 5.80. The molecule has 0 spiro atoms. The zero-order valence-electron chi connectivity index (χ0n) is 19.3. The van der Waals surface area contributed by atoms with E-state index in [2.05, 4.69) is 17.4 Å². The van der Waals surface area contributed by atoms with E-state index in [0.29, 0.717) is 24.5 Å². The number of thioether (sulfide) groups is 1. The number of hydrogen-bond acceptors (Lipinski definition) is 4. The van der Waals surface area contributed by atoms with Gasteiger partial charge in [-0.3, -0.25) is 4.79 Å². The molecule has 0 heterocycles. The maximum absolute atomic E-state index is 12.9. The summed E-state index contributed by atoms with van der Waals surface area (Å²) in [7, 11) is 0. The molecule has 172 valence electrons. The van der Waals surface area contributed by atoms with Gasteiger partial charge in [-0.1, -0.05) is 54.6 Å². The van der Waals surface area contributed by atoms with E-state index in [1.807, 2.05) is 92.0 Å². The van der Waals surface area contributed by atoms with Crippen LogP contribution in [-0.4, -0.2) is 18.8 Å². The molecule has 5 heteroatoms. The van der Waals surface area contributed by atoms with Crippen molar-refractivity contribution in [3.05, 3.63) is 108 Å². The number of anilines is 1. The summed E-state index contributed by atoms with van der Waals surface area (Å²) in [6.45, 7) is 2.76. The zero-order valence-corrected chi connectivity index (χ0v) is 20.1. The van der Waals surface area contributed by atoms with Crippen molar-refractivity contribution < 1.29 is 14.3 Å². The Labute approximate surface area is 204 Å². The highest BCUT2D eigenvalue weighted by atomic mass is 32.2. The van der Waals surface area contributed by atoms with Crippen LogP contribution < -0.4 is 14.8 Å². The van der Waals surface area contributed by atoms with Gasteiger partial charge in [0.15, 0.2) is 0 Å². The summed E-state index contributed by atoms with van der Waals surface area (Å²) in [5, 5.41) is 3.01. The molecule has 0 fully saturated rings. The highest BCUT2D eigenvalue weighted by Gasteiger charge is 2.13. The van der Waals surface area contributed by atoms with Gasteiger partial charge in [-0.25, -0.2) is 0 Å². The SMILES string of the molecule is CCOc1ccc(C(=O)Nc2ccccc2SC)cc1COc1ccc(-c2ccccc2)cc1. The number of hydrogen-bond donors (Lipinski definition) is 1. The minimum absolute atomic E-state index is 0.169. The molecule has 0 aromatic heterocycles. The average molecular weight is 470 g/mol. The first-order valence-electron chi connectivity index (χ1n) is 11.2. The minimum Gasteiger partial charge on any atom is -0.493 e. The molecule has 34 heavy (non-hydrogen) atoms. The molecule has 4 rings (SSSR count). The molecule has 0 saturated carbocycles. The molecule has 0 bridgehead atoms. The fraction of sp³-hybridized carbons (Fsp3) is 0.138. The predicted molar refractivity (Wildman–Crippen MR) is 140 cm³/mol. The zero-order chi connectivity index (χ0) is 23.8. The minimum atomic E-state index is -0.169. The molecule has 4 nitrogen and oxygen atoms in total. The summed E-state index contributed by atoms with van der Waals surface area (Å²) in [4.78, 5) is 14.0. The van der Waals surface area contributed by atoms with Crippen molar-refractivity contribution in [1.82, 2.24) is 0 Å². The third-order valence-electron chi connectivity index (χ3n) is 5.33. The van der Waals surface area contributed by atoms with Crippen molar-refractivity contribution in [3.8, 4) is 22.6 Å². The standard InChI is InChI=1S/C29H27NO3S/c1-3-32-27-18-15-23(29(31)30-26-11-7-8-12-28(26)34-2)19-24(27)20-33-25-16-13-22(14-17-25)21-9-5-4-6-10-21/h4-19H,3,20H2,1-2H3,(H,30,31). The van der Waals surface area contributed by atoms with Crippen LogP contribution in [0.4, 0.5) is 5.69 Å². The first-order valence-corrected chi connectivity index (χ1v) is 12.4. The van der Waals surface area contributed by atoms with Crippen LogP contribution in [0.15, 0.2) is 102 Å². The molecule has 0 aliphatic carbocycles. The Balaban J connectivity index is 1.49. The lowest BCUT2D eigenvalue weighted by atomic mass is 10.1. The Morgan fingerprint density at radius 1 is 0.824 bits per heavy atom. The summed E-state index contributed by atoms with van der Waals surface area (Å²) < 4.78 is 11.8.